The highest BCUT2D eigenvalue weighted by Crippen LogP contribution is 2.50. The van der Waals surface area contributed by atoms with Crippen LogP contribution in [-0.2, 0) is 15.0 Å². The normalized spacial score (nSPS) is 21.6. The van der Waals surface area contributed by atoms with Crippen LogP contribution >= 0.6 is 0 Å². The van der Waals surface area contributed by atoms with Gasteiger partial charge in [0.25, 0.3) is 0 Å². The van der Waals surface area contributed by atoms with Gasteiger partial charge < -0.3 is 10.6 Å². The molecule has 2 aliphatic rings. The molecule has 1 spiro atoms. The molecule has 0 unspecified atom stereocenters. The Bertz CT molecular complexity index is 663. The number of hydrogen-bond acceptors (Lipinski definition) is 3. The number of piperidine rings is 1. The minimum atomic E-state index is 0.0288. The van der Waals surface area contributed by atoms with Crippen molar-refractivity contribution in [1.29, 1.82) is 0 Å². The van der Waals surface area contributed by atoms with E-state index in [4.69, 9.17) is 0 Å². The number of fused-ring (bicyclic) bond motifs is 2. The molecule has 1 aliphatic carbocycles. The van der Waals surface area contributed by atoms with Gasteiger partial charge in [-0.05, 0) is 49.4 Å². The van der Waals surface area contributed by atoms with E-state index < -0.39 is 0 Å². The summed E-state index contributed by atoms with van der Waals surface area (Å²) < 4.78 is 0. The van der Waals surface area contributed by atoms with Crippen LogP contribution in [0.3, 0.4) is 0 Å². The largest absolute Gasteiger partial charge is 0.355 e. The molecule has 0 aromatic heterocycles. The highest BCUT2D eigenvalue weighted by Gasteiger charge is 2.45. The van der Waals surface area contributed by atoms with Gasteiger partial charge in [-0.3, -0.25) is 14.5 Å². The Labute approximate surface area is 156 Å². The van der Waals surface area contributed by atoms with Gasteiger partial charge in [-0.15, -0.1) is 0 Å². The SMILES string of the molecule is CC(=O)N[C@H]1CC2(CCN(CC(=O)NCC(C)C)CC2)c2ccccc21. The molecule has 0 saturated carbocycles. The van der Waals surface area contributed by atoms with E-state index in [0.29, 0.717) is 12.5 Å². The smallest absolute Gasteiger partial charge is 0.234 e. The van der Waals surface area contributed by atoms with Crippen molar-refractivity contribution in [2.24, 2.45) is 5.92 Å². The van der Waals surface area contributed by atoms with Crippen molar-refractivity contribution in [1.82, 2.24) is 15.5 Å². The lowest BCUT2D eigenvalue weighted by Crippen LogP contribution is -2.46. The zero-order valence-corrected chi connectivity index (χ0v) is 16.2. The van der Waals surface area contributed by atoms with Gasteiger partial charge in [0.15, 0.2) is 0 Å². The summed E-state index contributed by atoms with van der Waals surface area (Å²) in [5, 5.41) is 6.13. The van der Waals surface area contributed by atoms with E-state index in [2.05, 4.69) is 53.6 Å². The van der Waals surface area contributed by atoms with Crippen molar-refractivity contribution in [3.8, 4) is 0 Å². The van der Waals surface area contributed by atoms with Crippen molar-refractivity contribution in [2.75, 3.05) is 26.2 Å². The summed E-state index contributed by atoms with van der Waals surface area (Å²) in [6.07, 6.45) is 3.05. The fraction of sp³-hybridized carbons (Fsp3) is 0.619. The summed E-state index contributed by atoms with van der Waals surface area (Å²) in [4.78, 5) is 26.0. The van der Waals surface area contributed by atoms with Crippen LogP contribution in [-0.4, -0.2) is 42.9 Å². The van der Waals surface area contributed by atoms with Crippen molar-refractivity contribution in [2.45, 2.75) is 51.5 Å². The van der Waals surface area contributed by atoms with Crippen LogP contribution in [0.25, 0.3) is 0 Å². The Morgan fingerprint density at radius 2 is 1.92 bits per heavy atom. The summed E-state index contributed by atoms with van der Waals surface area (Å²) in [5.41, 5.74) is 2.79. The first kappa shape index (κ1) is 18.9. The Morgan fingerprint density at radius 1 is 1.23 bits per heavy atom. The Hall–Kier alpha value is -1.88. The van der Waals surface area contributed by atoms with Crippen LogP contribution < -0.4 is 10.6 Å². The zero-order valence-electron chi connectivity index (χ0n) is 16.2. The van der Waals surface area contributed by atoms with Gasteiger partial charge in [0.2, 0.25) is 11.8 Å². The summed E-state index contributed by atoms with van der Waals surface area (Å²) in [6.45, 7) is 8.88. The number of rotatable bonds is 5. The van der Waals surface area contributed by atoms with Crippen molar-refractivity contribution in [3.63, 3.8) is 0 Å². The number of likely N-dealkylation sites (tertiary alicyclic amines) is 1. The number of carbonyl (C=O) groups is 2. The zero-order chi connectivity index (χ0) is 18.7. The summed E-state index contributed by atoms with van der Waals surface area (Å²) in [5.74, 6) is 0.628. The van der Waals surface area contributed by atoms with Crippen molar-refractivity contribution < 1.29 is 9.59 Å². The van der Waals surface area contributed by atoms with Crippen LogP contribution in [0.4, 0.5) is 0 Å². The average molecular weight is 357 g/mol. The van der Waals surface area contributed by atoms with Crippen LogP contribution in [0, 0.1) is 5.92 Å². The van der Waals surface area contributed by atoms with Crippen LogP contribution in [0.1, 0.15) is 57.2 Å². The van der Waals surface area contributed by atoms with Gasteiger partial charge in [0.1, 0.15) is 0 Å². The predicted octanol–water partition coefficient (Wildman–Crippen LogP) is 2.37. The second kappa shape index (κ2) is 7.78. The van der Waals surface area contributed by atoms with Gasteiger partial charge in [-0.25, -0.2) is 0 Å². The van der Waals surface area contributed by atoms with Crippen molar-refractivity contribution >= 4 is 11.8 Å². The minimum Gasteiger partial charge on any atom is -0.355 e. The van der Waals surface area contributed by atoms with E-state index in [1.165, 1.54) is 11.1 Å². The quantitative estimate of drug-likeness (QED) is 0.850. The molecular weight excluding hydrogens is 326 g/mol. The third kappa shape index (κ3) is 4.09. The number of benzene rings is 1. The molecule has 1 aromatic rings. The molecule has 1 saturated heterocycles. The molecule has 2 amide bonds. The van der Waals surface area contributed by atoms with E-state index in [9.17, 15) is 9.59 Å². The number of nitrogens with zero attached hydrogens (tertiary/aromatic N) is 1. The molecule has 26 heavy (non-hydrogen) atoms. The Morgan fingerprint density at radius 3 is 2.58 bits per heavy atom. The fourth-order valence-corrected chi connectivity index (χ4v) is 4.46. The lowest BCUT2D eigenvalue weighted by molar-refractivity contribution is -0.123. The second-order valence-electron chi connectivity index (χ2n) is 8.30. The first-order chi connectivity index (χ1) is 12.4. The summed E-state index contributed by atoms with van der Waals surface area (Å²) >= 11 is 0. The monoisotopic (exact) mass is 357 g/mol. The van der Waals surface area contributed by atoms with E-state index in [1.807, 2.05) is 0 Å². The van der Waals surface area contributed by atoms with Crippen LogP contribution in [0.5, 0.6) is 0 Å². The molecule has 142 valence electrons. The number of nitrogens with one attached hydrogen (secondary N) is 2. The topological polar surface area (TPSA) is 61.4 Å². The van der Waals surface area contributed by atoms with E-state index in [1.54, 1.807) is 6.92 Å². The lowest BCUT2D eigenvalue weighted by atomic mass is 9.73. The molecule has 1 heterocycles. The molecule has 1 atom stereocenters. The summed E-state index contributed by atoms with van der Waals surface area (Å²) in [7, 11) is 0. The van der Waals surface area contributed by atoms with Crippen molar-refractivity contribution in [3.05, 3.63) is 35.4 Å². The van der Waals surface area contributed by atoms with Gasteiger partial charge >= 0.3 is 0 Å². The molecular formula is C21H31N3O2. The molecule has 1 aromatic carbocycles. The average Bonchev–Trinajstić information content (AvgIpc) is 2.89. The predicted molar refractivity (Wildman–Crippen MR) is 103 cm³/mol. The number of hydrogen-bond donors (Lipinski definition) is 2. The molecule has 5 heteroatoms. The molecule has 0 radical (unpaired) electrons. The van der Waals surface area contributed by atoms with Gasteiger partial charge in [0.05, 0.1) is 12.6 Å². The maximum absolute atomic E-state index is 12.1. The first-order valence-corrected chi connectivity index (χ1v) is 9.75. The maximum Gasteiger partial charge on any atom is 0.234 e. The van der Waals surface area contributed by atoms with E-state index in [-0.39, 0.29) is 23.3 Å². The molecule has 2 N–H and O–H groups in total. The van der Waals surface area contributed by atoms with Gasteiger partial charge in [0, 0.05) is 18.9 Å². The molecule has 0 bridgehead atoms. The summed E-state index contributed by atoms with van der Waals surface area (Å²) in [6, 6.07) is 8.65. The highest BCUT2D eigenvalue weighted by atomic mass is 16.2. The molecule has 5 nitrogen and oxygen atoms in total. The fourth-order valence-electron chi connectivity index (χ4n) is 4.46. The minimum absolute atomic E-state index is 0.0288. The van der Waals surface area contributed by atoms with Gasteiger partial charge in [-0.1, -0.05) is 38.1 Å². The van der Waals surface area contributed by atoms with E-state index >= 15 is 0 Å². The molecule has 1 aliphatic heterocycles. The van der Waals surface area contributed by atoms with Crippen LogP contribution in [0.15, 0.2) is 24.3 Å². The third-order valence-electron chi connectivity index (χ3n) is 5.77. The number of carbonyl (C=O) groups excluding carboxylic acids is 2. The highest BCUT2D eigenvalue weighted by molar-refractivity contribution is 5.78. The molecule has 3 rings (SSSR count). The lowest BCUT2D eigenvalue weighted by Gasteiger charge is -2.40. The Kier molecular flexibility index (Phi) is 5.66. The van der Waals surface area contributed by atoms with Gasteiger partial charge in [-0.2, -0.15) is 0 Å². The number of amides is 2. The standard InChI is InChI=1S/C21H31N3O2/c1-15(2)13-22-20(26)14-24-10-8-21(9-11-24)12-19(23-16(3)25)17-6-4-5-7-18(17)21/h4-7,15,19H,8-14H2,1-3H3,(H,22,26)(H,23,25)/t19-/m0/s1. The first-order valence-electron chi connectivity index (χ1n) is 9.75. The maximum atomic E-state index is 12.1. The van der Waals surface area contributed by atoms with Crippen LogP contribution in [0.2, 0.25) is 0 Å². The molecule has 1 fully saturated rings. The third-order valence-corrected chi connectivity index (χ3v) is 5.77. The second-order valence-corrected chi connectivity index (χ2v) is 8.30. The van der Waals surface area contributed by atoms with E-state index in [0.717, 1.165) is 38.9 Å². The Balaban J connectivity index is 1.63.